The first-order valence-corrected chi connectivity index (χ1v) is 17.3. The molecule has 2 saturated heterocycles. The van der Waals surface area contributed by atoms with Crippen LogP contribution in [0.2, 0.25) is 0 Å². The molecule has 2 amide bonds. The standard InChI is InChI=1S/C39H50N6O4/c1-37(2,3)48-35(46)44-22-10-12-30(44)33-41-29-20-17-27(24-31(29)42(33)8)14-13-26-15-18-28(19-16-26)32-25-40-34(43(32)9)39(7)21-11-23-45(39)36(47)49-38(4,5)6/h13-20,24-25,30H,10-12,21-23H2,1-9H3. The quantitative estimate of drug-likeness (QED) is 0.198. The van der Waals surface area contributed by atoms with E-state index < -0.39 is 16.7 Å². The van der Waals surface area contributed by atoms with Crippen LogP contribution < -0.4 is 0 Å². The molecule has 260 valence electrons. The van der Waals surface area contributed by atoms with Gasteiger partial charge >= 0.3 is 12.2 Å². The molecule has 0 N–H and O–H groups in total. The van der Waals surface area contributed by atoms with E-state index in [0.29, 0.717) is 13.1 Å². The fourth-order valence-electron chi connectivity index (χ4n) is 7.14. The number of nitrogens with zero attached hydrogens (tertiary/aromatic N) is 6. The van der Waals surface area contributed by atoms with E-state index in [2.05, 4.69) is 64.6 Å². The van der Waals surface area contributed by atoms with Crippen LogP contribution >= 0.6 is 0 Å². The molecular formula is C39H50N6O4. The number of imidazole rings is 2. The number of aryl methyl sites for hydroxylation is 1. The highest BCUT2D eigenvalue weighted by Gasteiger charge is 2.46. The Morgan fingerprint density at radius 1 is 0.857 bits per heavy atom. The first-order valence-electron chi connectivity index (χ1n) is 17.3. The van der Waals surface area contributed by atoms with Crippen molar-refractivity contribution in [2.75, 3.05) is 13.1 Å². The van der Waals surface area contributed by atoms with Crippen LogP contribution in [0.3, 0.4) is 0 Å². The molecule has 2 fully saturated rings. The summed E-state index contributed by atoms with van der Waals surface area (Å²) in [4.78, 5) is 39.4. The number of rotatable bonds is 5. The number of hydrogen-bond donors (Lipinski definition) is 0. The highest BCUT2D eigenvalue weighted by Crippen LogP contribution is 2.40. The third kappa shape index (κ3) is 6.96. The minimum Gasteiger partial charge on any atom is -0.444 e. The zero-order valence-electron chi connectivity index (χ0n) is 30.4. The topological polar surface area (TPSA) is 94.7 Å². The fourth-order valence-corrected chi connectivity index (χ4v) is 7.14. The van der Waals surface area contributed by atoms with E-state index in [4.69, 9.17) is 19.4 Å². The van der Waals surface area contributed by atoms with Crippen LogP contribution in [-0.2, 0) is 29.1 Å². The van der Waals surface area contributed by atoms with E-state index in [-0.39, 0.29) is 18.2 Å². The summed E-state index contributed by atoms with van der Waals surface area (Å²) in [6.07, 6.45) is 9.05. The molecule has 0 saturated carbocycles. The van der Waals surface area contributed by atoms with Gasteiger partial charge in [-0.25, -0.2) is 19.6 Å². The van der Waals surface area contributed by atoms with Crippen molar-refractivity contribution in [2.45, 2.75) is 96.9 Å². The van der Waals surface area contributed by atoms with Crippen molar-refractivity contribution in [1.29, 1.82) is 0 Å². The predicted octanol–water partition coefficient (Wildman–Crippen LogP) is 8.46. The van der Waals surface area contributed by atoms with Gasteiger partial charge in [-0.1, -0.05) is 42.5 Å². The third-order valence-electron chi connectivity index (χ3n) is 9.52. The number of carbonyl (C=O) groups is 2. The molecule has 10 heteroatoms. The number of carbonyl (C=O) groups excluding carboxylic acids is 2. The summed E-state index contributed by atoms with van der Waals surface area (Å²) < 4.78 is 15.6. The molecule has 2 unspecified atom stereocenters. The van der Waals surface area contributed by atoms with Gasteiger partial charge in [0.1, 0.15) is 28.4 Å². The van der Waals surface area contributed by atoms with Gasteiger partial charge in [-0.05, 0) is 103 Å². The van der Waals surface area contributed by atoms with Crippen molar-refractivity contribution < 1.29 is 19.1 Å². The van der Waals surface area contributed by atoms with Crippen LogP contribution in [-0.4, -0.2) is 65.4 Å². The zero-order valence-corrected chi connectivity index (χ0v) is 30.4. The molecule has 0 aliphatic carbocycles. The van der Waals surface area contributed by atoms with E-state index in [9.17, 15) is 9.59 Å². The smallest absolute Gasteiger partial charge is 0.411 e. The molecule has 6 rings (SSSR count). The van der Waals surface area contributed by atoms with Crippen molar-refractivity contribution in [1.82, 2.24) is 28.9 Å². The number of benzene rings is 2. The molecule has 0 spiro atoms. The Morgan fingerprint density at radius 2 is 1.51 bits per heavy atom. The van der Waals surface area contributed by atoms with E-state index in [1.165, 1.54) is 0 Å². The van der Waals surface area contributed by atoms with Gasteiger partial charge in [-0.3, -0.25) is 9.80 Å². The van der Waals surface area contributed by atoms with Crippen molar-refractivity contribution in [3.05, 3.63) is 71.4 Å². The van der Waals surface area contributed by atoms with Gasteiger partial charge in [0, 0.05) is 27.2 Å². The maximum atomic E-state index is 13.1. The minimum atomic E-state index is -0.555. The average Bonchev–Trinajstić information content (AvgIpc) is 3.81. The Kier molecular flexibility index (Phi) is 8.88. The third-order valence-corrected chi connectivity index (χ3v) is 9.52. The second-order valence-corrected chi connectivity index (χ2v) is 15.6. The number of ether oxygens (including phenoxy) is 2. The van der Waals surface area contributed by atoms with E-state index in [1.54, 1.807) is 0 Å². The molecule has 2 aromatic carbocycles. The Morgan fingerprint density at radius 3 is 2.20 bits per heavy atom. The molecular weight excluding hydrogens is 616 g/mol. The van der Waals surface area contributed by atoms with E-state index in [1.807, 2.05) is 77.7 Å². The first-order chi connectivity index (χ1) is 23.0. The molecule has 2 aliphatic rings. The highest BCUT2D eigenvalue weighted by atomic mass is 16.6. The molecule has 49 heavy (non-hydrogen) atoms. The lowest BCUT2D eigenvalue weighted by molar-refractivity contribution is 0.00807. The summed E-state index contributed by atoms with van der Waals surface area (Å²) in [6.45, 7) is 14.8. The van der Waals surface area contributed by atoms with Gasteiger partial charge in [0.05, 0.1) is 29.0 Å². The van der Waals surface area contributed by atoms with Gasteiger partial charge in [-0.15, -0.1) is 0 Å². The Labute approximate surface area is 289 Å². The number of amides is 2. The Hall–Kier alpha value is -4.60. The van der Waals surface area contributed by atoms with Crippen LogP contribution in [0, 0.1) is 0 Å². The minimum absolute atomic E-state index is 0.106. The van der Waals surface area contributed by atoms with E-state index >= 15 is 0 Å². The SMILES string of the molecule is Cn1c(-c2ccc(C=Cc3ccc4nc(C5CCCN5C(=O)OC(C)(C)C)n(C)c4c3)cc2)cnc1C1(C)CCCN1C(=O)OC(C)(C)C. The summed E-state index contributed by atoms with van der Waals surface area (Å²) in [5.41, 5.74) is 4.49. The van der Waals surface area contributed by atoms with E-state index in [0.717, 1.165) is 70.7 Å². The Bertz CT molecular complexity index is 1890. The van der Waals surface area contributed by atoms with Crippen LogP contribution in [0.25, 0.3) is 34.4 Å². The molecule has 0 radical (unpaired) electrons. The lowest BCUT2D eigenvalue weighted by Crippen LogP contribution is -2.46. The van der Waals surface area contributed by atoms with Crippen molar-refractivity contribution >= 4 is 35.4 Å². The van der Waals surface area contributed by atoms with Crippen LogP contribution in [0.5, 0.6) is 0 Å². The molecule has 2 aliphatic heterocycles. The summed E-state index contributed by atoms with van der Waals surface area (Å²) in [5.74, 6) is 1.74. The molecule has 10 nitrogen and oxygen atoms in total. The molecule has 0 bridgehead atoms. The normalized spacial score (nSPS) is 20.1. The van der Waals surface area contributed by atoms with Gasteiger partial charge in [0.15, 0.2) is 0 Å². The average molecular weight is 667 g/mol. The summed E-state index contributed by atoms with van der Waals surface area (Å²) >= 11 is 0. The van der Waals surface area contributed by atoms with Gasteiger partial charge in [0.25, 0.3) is 0 Å². The molecule has 4 heterocycles. The number of fused-ring (bicyclic) bond motifs is 1. The summed E-state index contributed by atoms with van der Waals surface area (Å²) in [5, 5.41) is 0. The lowest BCUT2D eigenvalue weighted by Gasteiger charge is -2.35. The van der Waals surface area contributed by atoms with Crippen LogP contribution in [0.15, 0.2) is 48.7 Å². The second kappa shape index (κ2) is 12.7. The fraction of sp³-hybridized carbons (Fsp3) is 0.487. The monoisotopic (exact) mass is 666 g/mol. The molecule has 4 aromatic rings. The highest BCUT2D eigenvalue weighted by molar-refractivity contribution is 5.82. The van der Waals surface area contributed by atoms with Crippen LogP contribution in [0.1, 0.15) is 103 Å². The molecule has 2 aromatic heterocycles. The molecule has 2 atom stereocenters. The Balaban J connectivity index is 1.17. The lowest BCUT2D eigenvalue weighted by atomic mass is 9.98. The van der Waals surface area contributed by atoms with Gasteiger partial charge in [0.2, 0.25) is 0 Å². The zero-order chi connectivity index (χ0) is 35.3. The number of likely N-dealkylation sites (tertiary alicyclic amines) is 2. The first kappa shape index (κ1) is 34.3. The van der Waals surface area contributed by atoms with Gasteiger partial charge in [-0.2, -0.15) is 0 Å². The second-order valence-electron chi connectivity index (χ2n) is 15.6. The van der Waals surface area contributed by atoms with Gasteiger partial charge < -0.3 is 18.6 Å². The van der Waals surface area contributed by atoms with Crippen LogP contribution in [0.4, 0.5) is 9.59 Å². The number of aromatic nitrogens is 4. The van der Waals surface area contributed by atoms with Crippen molar-refractivity contribution in [2.24, 2.45) is 14.1 Å². The largest absolute Gasteiger partial charge is 0.444 e. The predicted molar refractivity (Wildman–Crippen MR) is 193 cm³/mol. The van der Waals surface area contributed by atoms with Crippen molar-refractivity contribution in [3.63, 3.8) is 0 Å². The maximum Gasteiger partial charge on any atom is 0.411 e. The summed E-state index contributed by atoms with van der Waals surface area (Å²) in [7, 11) is 4.04. The summed E-state index contributed by atoms with van der Waals surface area (Å²) in [6, 6.07) is 14.6. The maximum absolute atomic E-state index is 13.1. The van der Waals surface area contributed by atoms with Crippen molar-refractivity contribution in [3.8, 4) is 11.3 Å². The number of hydrogen-bond acceptors (Lipinski definition) is 6.